The van der Waals surface area contributed by atoms with E-state index in [0.29, 0.717) is 78.5 Å². The van der Waals surface area contributed by atoms with Gasteiger partial charge in [0.15, 0.2) is 0 Å². The van der Waals surface area contributed by atoms with Gasteiger partial charge in [0.25, 0.3) is 0 Å². The molecule has 96 heavy (non-hydrogen) atoms. The number of halogens is 6. The monoisotopic (exact) mass is 1260 g/mol. The van der Waals surface area contributed by atoms with Crippen molar-refractivity contribution < 1.29 is 26.3 Å². The van der Waals surface area contributed by atoms with E-state index in [9.17, 15) is 5.26 Å². The van der Waals surface area contributed by atoms with Crippen LogP contribution in [0.1, 0.15) is 16.7 Å². The summed E-state index contributed by atoms with van der Waals surface area (Å²) in [5.74, 6) is 0. The van der Waals surface area contributed by atoms with Crippen LogP contribution in [0.25, 0.3) is 156 Å². The second kappa shape index (κ2) is 23.5. The highest BCUT2D eigenvalue weighted by Gasteiger charge is 2.43. The summed E-state index contributed by atoms with van der Waals surface area (Å²) in [5, 5.41) is 13.9. The van der Waals surface area contributed by atoms with Crippen LogP contribution >= 0.6 is 0 Å². The first-order valence-corrected chi connectivity index (χ1v) is 30.9. The van der Waals surface area contributed by atoms with Crippen LogP contribution in [0.3, 0.4) is 0 Å². The molecule has 0 atom stereocenters. The summed E-state index contributed by atoms with van der Waals surface area (Å²) < 4.78 is 102. The lowest BCUT2D eigenvalue weighted by Crippen LogP contribution is -2.16. The van der Waals surface area contributed by atoms with Gasteiger partial charge < -0.3 is 9.13 Å². The minimum absolute atomic E-state index is 0.0373. The van der Waals surface area contributed by atoms with Crippen molar-refractivity contribution in [1.82, 2.24) is 29.1 Å². The van der Waals surface area contributed by atoms with Crippen LogP contribution in [0.5, 0.6) is 0 Å². The predicted octanol–water partition coefficient (Wildman–Crippen LogP) is 22.4. The third-order valence-electron chi connectivity index (χ3n) is 17.8. The van der Waals surface area contributed by atoms with Gasteiger partial charge in [0, 0.05) is 102 Å². The number of hydrogen-bond donors (Lipinski definition) is 0. The average Bonchev–Trinajstić information content (AvgIpc) is 1.52. The van der Waals surface area contributed by atoms with E-state index in [1.807, 2.05) is 243 Å². The first-order chi connectivity index (χ1) is 46.9. The van der Waals surface area contributed by atoms with Gasteiger partial charge in [-0.2, -0.15) is 31.6 Å². The number of benzene rings is 10. The summed E-state index contributed by atoms with van der Waals surface area (Å²) in [7, 11) is 0. The molecule has 0 saturated heterocycles. The van der Waals surface area contributed by atoms with Crippen LogP contribution in [0.15, 0.2) is 298 Å². The molecule has 16 rings (SSSR count). The molecule has 0 aliphatic rings. The van der Waals surface area contributed by atoms with E-state index >= 15 is 26.3 Å². The molecule has 10 aromatic carbocycles. The Morgan fingerprint density at radius 2 is 0.562 bits per heavy atom. The van der Waals surface area contributed by atoms with Crippen molar-refractivity contribution in [3.8, 4) is 118 Å². The van der Waals surface area contributed by atoms with Crippen LogP contribution in [-0.4, -0.2) is 29.1 Å². The zero-order valence-corrected chi connectivity index (χ0v) is 50.7. The number of aromatic nitrogens is 6. The molecule has 0 fully saturated rings. The van der Waals surface area contributed by atoms with Crippen molar-refractivity contribution in [3.05, 3.63) is 314 Å². The Kier molecular flexibility index (Phi) is 14.4. The molecular weight excluding hydrogens is 1210 g/mol. The smallest absolute Gasteiger partial charge is 0.308 e. The topological polar surface area (TPSA) is 85.2 Å². The zero-order valence-electron chi connectivity index (χ0n) is 50.7. The third kappa shape index (κ3) is 10.2. The number of alkyl halides is 6. The number of hydrogen-bond acceptors (Lipinski definition) is 5. The molecule has 0 amide bonds. The molecular formula is C83H49F6N7. The van der Waals surface area contributed by atoms with Crippen LogP contribution in [-0.2, 0) is 12.4 Å². The van der Waals surface area contributed by atoms with Gasteiger partial charge in [-0.25, -0.2) is 0 Å². The van der Waals surface area contributed by atoms with Gasteiger partial charge in [0.2, 0.25) is 0 Å². The fourth-order valence-electron chi connectivity index (χ4n) is 13.7. The predicted molar refractivity (Wildman–Crippen MR) is 370 cm³/mol. The number of rotatable bonds is 11. The van der Waals surface area contributed by atoms with Gasteiger partial charge in [0.1, 0.15) is 0 Å². The van der Waals surface area contributed by atoms with Crippen molar-refractivity contribution in [3.63, 3.8) is 0 Å². The van der Waals surface area contributed by atoms with Crippen LogP contribution in [0.4, 0.5) is 26.3 Å². The van der Waals surface area contributed by atoms with E-state index in [2.05, 4.69) is 6.07 Å². The molecule has 0 unspecified atom stereocenters. The lowest BCUT2D eigenvalue weighted by molar-refractivity contribution is -0.142. The Hall–Kier alpha value is -12.5. The fraction of sp³-hybridized carbons (Fsp3) is 0.0241. The van der Waals surface area contributed by atoms with Crippen molar-refractivity contribution in [2.75, 3.05) is 0 Å². The van der Waals surface area contributed by atoms with Crippen LogP contribution in [0, 0.1) is 11.3 Å². The highest BCUT2D eigenvalue weighted by Crippen LogP contribution is 2.52. The summed E-state index contributed by atoms with van der Waals surface area (Å²) >= 11 is 0. The van der Waals surface area contributed by atoms with Gasteiger partial charge in [-0.3, -0.25) is 19.9 Å². The quantitative estimate of drug-likeness (QED) is 0.120. The van der Waals surface area contributed by atoms with Gasteiger partial charge >= 0.3 is 12.4 Å². The van der Waals surface area contributed by atoms with Crippen LogP contribution < -0.4 is 0 Å². The molecule has 0 saturated carbocycles. The van der Waals surface area contributed by atoms with Crippen molar-refractivity contribution in [2.45, 2.75) is 12.4 Å². The Bertz CT molecular complexity index is 5140. The number of fused-ring (bicyclic) bond motifs is 6. The third-order valence-corrected chi connectivity index (χ3v) is 17.8. The standard InChI is InChI=1S/C83H49F6N7/c84-82(85,86)68-30-13-31-69(83(87,88)89)76(68)77-74(95-70-36-32-56(60-26-14-40-91-78(60)52-18-5-1-6-19-52)46-64(70)65-47-57(33-37-71(65)95)61-27-15-41-92-79(61)53-20-7-2-8-21-53)44-51(50-90)45-75(77)96-72-38-34-58(62-28-16-42-93-80(62)54-22-9-3-10-23-54)48-66(72)67-49-59(35-39-73(67)96)63-29-17-43-94-81(63)55-24-11-4-12-25-55/h1-49H. The van der Waals surface area contributed by atoms with Gasteiger partial charge in [0.05, 0.1) is 79.0 Å². The second-order valence-corrected chi connectivity index (χ2v) is 23.4. The molecule has 16 aromatic rings. The first kappa shape index (κ1) is 58.5. The van der Waals surface area contributed by atoms with Crippen molar-refractivity contribution in [2.24, 2.45) is 0 Å². The second-order valence-electron chi connectivity index (χ2n) is 23.4. The molecule has 0 bridgehead atoms. The molecule has 0 N–H and O–H groups in total. The lowest BCUT2D eigenvalue weighted by Gasteiger charge is -2.25. The normalized spacial score (nSPS) is 11.8. The summed E-state index contributed by atoms with van der Waals surface area (Å²) in [5.41, 5.74) is 9.17. The molecule has 458 valence electrons. The molecule has 6 heterocycles. The van der Waals surface area contributed by atoms with Crippen LogP contribution in [0.2, 0.25) is 0 Å². The summed E-state index contributed by atoms with van der Waals surface area (Å²) in [4.78, 5) is 19.4. The summed E-state index contributed by atoms with van der Waals surface area (Å²) in [6.07, 6.45) is -3.80. The maximum absolute atomic E-state index is 16.4. The van der Waals surface area contributed by atoms with Gasteiger partial charge in [-0.1, -0.05) is 176 Å². The van der Waals surface area contributed by atoms with Gasteiger partial charge in [-0.15, -0.1) is 0 Å². The van der Waals surface area contributed by atoms with E-state index in [0.717, 1.165) is 72.8 Å². The Morgan fingerprint density at radius 1 is 0.281 bits per heavy atom. The molecule has 0 radical (unpaired) electrons. The SMILES string of the molecule is N#Cc1cc(-n2c3ccc(-c4cccnc4-c4ccccc4)cc3c3cc(-c4cccnc4-c4ccccc4)ccc32)c(-c2c(C(F)(F)F)cccc2C(F)(F)F)c(-n2c3ccc(-c4cccnc4-c4ccccc4)cc3c3cc(-c4cccnc4-c4ccccc4)ccc32)c1. The van der Waals surface area contributed by atoms with E-state index in [4.69, 9.17) is 19.9 Å². The van der Waals surface area contributed by atoms with Gasteiger partial charge in [-0.05, 0) is 119 Å². The fourth-order valence-corrected chi connectivity index (χ4v) is 13.7. The highest BCUT2D eigenvalue weighted by atomic mass is 19.4. The maximum Gasteiger partial charge on any atom is 0.417 e. The molecule has 7 nitrogen and oxygen atoms in total. The minimum atomic E-state index is -5.34. The molecule has 0 spiro atoms. The molecule has 0 aliphatic carbocycles. The van der Waals surface area contributed by atoms with Crippen molar-refractivity contribution in [1.29, 1.82) is 5.26 Å². The zero-order chi connectivity index (χ0) is 65.2. The summed E-state index contributed by atoms with van der Waals surface area (Å²) in [6.45, 7) is 0. The maximum atomic E-state index is 16.4. The Balaban J connectivity index is 1.04. The molecule has 13 heteroatoms. The first-order valence-electron chi connectivity index (χ1n) is 30.9. The molecule has 0 aliphatic heterocycles. The number of pyridine rings is 4. The Labute approximate surface area is 546 Å². The van der Waals surface area contributed by atoms with E-state index in [1.165, 1.54) is 12.1 Å². The number of nitrogens with zero attached hydrogens (tertiary/aromatic N) is 7. The molecule has 6 aromatic heterocycles. The lowest BCUT2D eigenvalue weighted by atomic mass is 9.89. The van der Waals surface area contributed by atoms with Crippen molar-refractivity contribution >= 4 is 43.6 Å². The summed E-state index contributed by atoms with van der Waals surface area (Å²) in [6, 6.07) is 84.2. The largest absolute Gasteiger partial charge is 0.417 e. The van der Waals surface area contributed by atoms with E-state index in [-0.39, 0.29) is 16.9 Å². The van der Waals surface area contributed by atoms with E-state index in [1.54, 1.807) is 33.9 Å². The highest BCUT2D eigenvalue weighted by molar-refractivity contribution is 6.15. The minimum Gasteiger partial charge on any atom is -0.308 e. The Morgan fingerprint density at radius 3 is 0.823 bits per heavy atom. The number of nitriles is 1. The van der Waals surface area contributed by atoms with E-state index < -0.39 is 34.6 Å². The average molecular weight is 1260 g/mol.